The first-order chi connectivity index (χ1) is 9.48. The zero-order chi connectivity index (χ0) is 17.8. The Morgan fingerprint density at radius 2 is 1.50 bits per heavy atom. The van der Waals surface area contributed by atoms with Crippen LogP contribution >= 0.6 is 22.6 Å². The molecule has 0 aromatic rings. The fourth-order valence-electron chi connectivity index (χ4n) is 1.83. The predicted octanol–water partition coefficient (Wildman–Crippen LogP) is 2.33. The van der Waals surface area contributed by atoms with Crippen molar-refractivity contribution in [1.29, 1.82) is 0 Å². The molecule has 2 unspecified atom stereocenters. The van der Waals surface area contributed by atoms with Crippen LogP contribution in [0.3, 0.4) is 0 Å². The Morgan fingerprint density at radius 1 is 1.14 bits per heavy atom. The zero-order valence-corrected chi connectivity index (χ0v) is 13.9. The molecule has 0 aromatic carbocycles. The number of carbonyl (C=O) groups is 1. The maximum atomic E-state index is 12.8. The van der Waals surface area contributed by atoms with Crippen LogP contribution in [0.2, 0.25) is 0 Å². The molecular weight excluding hydrogens is 435 g/mol. The number of aliphatic hydroxyl groups is 1. The molecule has 11 heteroatoms. The molecule has 2 N–H and O–H groups in total. The summed E-state index contributed by atoms with van der Waals surface area (Å²) in [4.78, 5) is 11.9. The number of hydrogen-bond acceptors (Lipinski definition) is 4. The third-order valence-corrected chi connectivity index (χ3v) is 4.69. The smallest absolute Gasteiger partial charge is 0.430 e. The minimum Gasteiger partial charge on any atom is -0.455 e. The number of esters is 1. The second kappa shape index (κ2) is 5.36. The maximum Gasteiger partial charge on any atom is 0.430 e. The number of halogens is 7. The van der Waals surface area contributed by atoms with Crippen LogP contribution in [0.5, 0.6) is 0 Å². The lowest BCUT2D eigenvalue weighted by molar-refractivity contribution is -0.407. The summed E-state index contributed by atoms with van der Waals surface area (Å²) in [5.41, 5.74) is -8.45. The SMILES string of the molecule is CC(I)(C(=O)OC(C)(C)C(O)(C(F)(F)F)C(F)(F)F)C1CN1. The minimum atomic E-state index is -6.07. The van der Waals surface area contributed by atoms with Gasteiger partial charge >= 0.3 is 18.3 Å². The van der Waals surface area contributed by atoms with Gasteiger partial charge in [0.2, 0.25) is 0 Å². The van der Waals surface area contributed by atoms with Crippen molar-refractivity contribution in [3.63, 3.8) is 0 Å². The highest BCUT2D eigenvalue weighted by Crippen LogP contribution is 2.51. The number of ether oxygens (including phenoxy) is 1. The lowest BCUT2D eigenvalue weighted by Gasteiger charge is -2.44. The minimum absolute atomic E-state index is 0.374. The molecular formula is C11H14F6INO3. The molecule has 1 aliphatic rings. The average molecular weight is 449 g/mol. The van der Waals surface area contributed by atoms with Gasteiger partial charge in [0.25, 0.3) is 5.60 Å². The van der Waals surface area contributed by atoms with Crippen molar-refractivity contribution in [3.05, 3.63) is 0 Å². The molecule has 0 radical (unpaired) electrons. The molecule has 1 aliphatic heterocycles. The van der Waals surface area contributed by atoms with Gasteiger partial charge in [0.1, 0.15) is 3.42 Å². The van der Waals surface area contributed by atoms with Crippen LogP contribution in [-0.4, -0.2) is 50.6 Å². The van der Waals surface area contributed by atoms with Crippen molar-refractivity contribution < 1.29 is 41.0 Å². The summed E-state index contributed by atoms with van der Waals surface area (Å²) in [6, 6.07) is -0.415. The lowest BCUT2D eigenvalue weighted by Crippen LogP contribution is -2.70. The standard InChI is InChI=1S/C11H14F6INO3/c1-7(2,9(21,10(12,13)14)11(15,16)17)22-6(20)8(3,18)5-4-19-5/h5,19,21H,4H2,1-3H3. The molecule has 0 bridgehead atoms. The van der Waals surface area contributed by atoms with Gasteiger partial charge in [-0.1, -0.05) is 22.6 Å². The van der Waals surface area contributed by atoms with E-state index in [1.54, 1.807) is 22.6 Å². The van der Waals surface area contributed by atoms with E-state index in [0.717, 1.165) is 0 Å². The van der Waals surface area contributed by atoms with Crippen molar-refractivity contribution in [2.45, 2.75) is 53.8 Å². The Morgan fingerprint density at radius 3 is 1.77 bits per heavy atom. The zero-order valence-electron chi connectivity index (χ0n) is 11.7. The van der Waals surface area contributed by atoms with Gasteiger partial charge in [-0.2, -0.15) is 26.3 Å². The van der Waals surface area contributed by atoms with Crippen molar-refractivity contribution in [2.75, 3.05) is 6.54 Å². The molecule has 22 heavy (non-hydrogen) atoms. The molecule has 4 nitrogen and oxygen atoms in total. The number of carbonyl (C=O) groups excluding carboxylic acids is 1. The Hall–Kier alpha value is -0.300. The fourth-order valence-corrected chi connectivity index (χ4v) is 2.38. The highest BCUT2D eigenvalue weighted by atomic mass is 127. The number of nitrogens with one attached hydrogen (secondary N) is 1. The highest BCUT2D eigenvalue weighted by Gasteiger charge is 2.79. The normalized spacial score (nSPS) is 23.0. The molecule has 1 heterocycles. The van der Waals surface area contributed by atoms with E-state index in [2.05, 4.69) is 10.1 Å². The van der Waals surface area contributed by atoms with Crippen molar-refractivity contribution in [1.82, 2.24) is 5.32 Å². The molecule has 1 fully saturated rings. The van der Waals surface area contributed by atoms with Crippen LogP contribution in [0.15, 0.2) is 0 Å². The highest BCUT2D eigenvalue weighted by molar-refractivity contribution is 14.1. The van der Waals surface area contributed by atoms with Crippen LogP contribution in [-0.2, 0) is 9.53 Å². The summed E-state index contributed by atoms with van der Waals surface area (Å²) in [6.45, 7) is 2.45. The Balaban J connectivity index is 3.16. The van der Waals surface area contributed by atoms with Gasteiger partial charge in [0.05, 0.1) is 0 Å². The van der Waals surface area contributed by atoms with Crippen LogP contribution in [0, 0.1) is 0 Å². The predicted molar refractivity (Wildman–Crippen MR) is 71.4 cm³/mol. The Labute approximate surface area is 135 Å². The Bertz CT molecular complexity index is 442. The van der Waals surface area contributed by atoms with Gasteiger partial charge in [-0.25, -0.2) is 0 Å². The topological polar surface area (TPSA) is 68.5 Å². The molecule has 0 saturated carbocycles. The van der Waals surface area contributed by atoms with Crippen LogP contribution < -0.4 is 5.32 Å². The molecule has 1 rings (SSSR count). The molecule has 0 aromatic heterocycles. The Kier molecular flexibility index (Phi) is 4.81. The van der Waals surface area contributed by atoms with E-state index >= 15 is 0 Å². The van der Waals surface area contributed by atoms with Crippen LogP contribution in [0.4, 0.5) is 26.3 Å². The van der Waals surface area contributed by atoms with Gasteiger partial charge in [-0.15, -0.1) is 0 Å². The van der Waals surface area contributed by atoms with E-state index < -0.39 is 39.0 Å². The third kappa shape index (κ3) is 3.16. The van der Waals surface area contributed by atoms with Gasteiger partial charge in [0.15, 0.2) is 5.60 Å². The molecule has 2 atom stereocenters. The lowest BCUT2D eigenvalue weighted by atomic mass is 9.84. The van der Waals surface area contributed by atoms with Gasteiger partial charge < -0.3 is 15.2 Å². The molecule has 0 spiro atoms. The number of rotatable bonds is 4. The number of alkyl halides is 7. The van der Waals surface area contributed by atoms with Crippen molar-refractivity contribution >= 4 is 28.6 Å². The van der Waals surface area contributed by atoms with Crippen LogP contribution in [0.1, 0.15) is 20.8 Å². The molecule has 130 valence electrons. The van der Waals surface area contributed by atoms with E-state index in [1.165, 1.54) is 6.92 Å². The molecule has 1 saturated heterocycles. The second-order valence-electron chi connectivity index (χ2n) is 5.64. The maximum absolute atomic E-state index is 12.8. The van der Waals surface area contributed by atoms with E-state index in [1.807, 2.05) is 0 Å². The van der Waals surface area contributed by atoms with Gasteiger partial charge in [0, 0.05) is 12.6 Å². The summed E-state index contributed by atoms with van der Waals surface area (Å²) in [6.07, 6.45) is -12.1. The first-order valence-corrected chi connectivity index (χ1v) is 7.08. The molecule has 0 aliphatic carbocycles. The average Bonchev–Trinajstić information content (AvgIpc) is 3.07. The summed E-state index contributed by atoms with van der Waals surface area (Å²) >= 11 is 1.58. The second-order valence-corrected chi connectivity index (χ2v) is 7.88. The van der Waals surface area contributed by atoms with Gasteiger partial charge in [-0.3, -0.25) is 4.79 Å². The van der Waals surface area contributed by atoms with E-state index in [4.69, 9.17) is 0 Å². The largest absolute Gasteiger partial charge is 0.455 e. The van der Waals surface area contributed by atoms with E-state index in [0.29, 0.717) is 20.4 Å². The monoisotopic (exact) mass is 449 g/mol. The fraction of sp³-hybridized carbons (Fsp3) is 0.909. The quantitative estimate of drug-likeness (QED) is 0.228. The summed E-state index contributed by atoms with van der Waals surface area (Å²) in [5.74, 6) is -1.28. The first-order valence-electron chi connectivity index (χ1n) is 6.00. The summed E-state index contributed by atoms with van der Waals surface area (Å²) in [7, 11) is 0. The van der Waals surface area contributed by atoms with Gasteiger partial charge in [-0.05, 0) is 20.8 Å². The van der Waals surface area contributed by atoms with Crippen LogP contribution in [0.25, 0.3) is 0 Å². The third-order valence-electron chi connectivity index (χ3n) is 3.50. The van der Waals surface area contributed by atoms with E-state index in [-0.39, 0.29) is 0 Å². The van der Waals surface area contributed by atoms with Crippen molar-refractivity contribution in [3.8, 4) is 0 Å². The summed E-state index contributed by atoms with van der Waals surface area (Å²) in [5, 5.41) is 12.1. The number of hydrogen-bond donors (Lipinski definition) is 2. The molecule has 0 amide bonds. The van der Waals surface area contributed by atoms with E-state index in [9.17, 15) is 36.2 Å². The summed E-state index contributed by atoms with van der Waals surface area (Å²) < 4.78 is 80.1. The first kappa shape index (κ1) is 19.7. The van der Waals surface area contributed by atoms with Crippen molar-refractivity contribution in [2.24, 2.45) is 0 Å².